The number of benzene rings is 1. The molecule has 2 aromatic heterocycles. The highest BCUT2D eigenvalue weighted by atomic mass is 32.1. The van der Waals surface area contributed by atoms with Crippen LogP contribution in [0.3, 0.4) is 0 Å². The minimum absolute atomic E-state index is 0.132. The van der Waals surface area contributed by atoms with Gasteiger partial charge in [0.05, 0.1) is 12.8 Å². The normalized spacial score (nSPS) is 15.3. The Kier molecular flexibility index (Phi) is 5.09. The van der Waals surface area contributed by atoms with Crippen LogP contribution in [0.4, 0.5) is 0 Å². The van der Waals surface area contributed by atoms with Gasteiger partial charge in [-0.1, -0.05) is 6.07 Å². The van der Waals surface area contributed by atoms with Crippen LogP contribution in [0.15, 0.2) is 46.4 Å². The Morgan fingerprint density at radius 2 is 1.96 bits per heavy atom. The van der Waals surface area contributed by atoms with E-state index in [4.69, 9.17) is 4.42 Å². The molecule has 1 saturated heterocycles. The van der Waals surface area contributed by atoms with E-state index in [1.54, 1.807) is 17.6 Å². The van der Waals surface area contributed by atoms with E-state index < -0.39 is 0 Å². The third-order valence-corrected chi connectivity index (χ3v) is 5.93. The minimum Gasteiger partial charge on any atom is -0.463 e. The molecule has 1 aromatic carbocycles. The fourth-order valence-corrected chi connectivity index (χ4v) is 4.10. The van der Waals surface area contributed by atoms with Gasteiger partial charge >= 0.3 is 0 Å². The third-order valence-electron chi connectivity index (χ3n) is 5.10. The number of furan rings is 1. The lowest BCUT2D eigenvalue weighted by molar-refractivity contribution is 0.0628. The molecule has 4 rings (SSSR count). The zero-order valence-corrected chi connectivity index (χ0v) is 16.5. The molecule has 0 bridgehead atoms. The van der Waals surface area contributed by atoms with Crippen molar-refractivity contribution in [2.45, 2.75) is 20.4 Å². The lowest BCUT2D eigenvalue weighted by Crippen LogP contribution is -2.48. The van der Waals surface area contributed by atoms with Crippen molar-refractivity contribution in [3.05, 3.63) is 63.7 Å². The third kappa shape index (κ3) is 3.96. The predicted octanol–water partition coefficient (Wildman–Crippen LogP) is 3.98. The number of amides is 1. The first-order valence-corrected chi connectivity index (χ1v) is 10.1. The molecular formula is C21H23N3O2S. The molecule has 0 N–H and O–H groups in total. The van der Waals surface area contributed by atoms with Gasteiger partial charge in [-0.3, -0.25) is 9.69 Å². The summed E-state index contributed by atoms with van der Waals surface area (Å²) in [6.07, 6.45) is 1.67. The summed E-state index contributed by atoms with van der Waals surface area (Å²) in [5, 5.41) is 3.11. The van der Waals surface area contributed by atoms with Gasteiger partial charge < -0.3 is 9.32 Å². The van der Waals surface area contributed by atoms with Gasteiger partial charge in [0, 0.05) is 37.1 Å². The van der Waals surface area contributed by atoms with Crippen LogP contribution >= 0.6 is 11.3 Å². The van der Waals surface area contributed by atoms with Crippen molar-refractivity contribution in [2.24, 2.45) is 0 Å². The van der Waals surface area contributed by atoms with Gasteiger partial charge in [-0.05, 0) is 49.2 Å². The molecule has 1 fully saturated rings. The van der Waals surface area contributed by atoms with Crippen molar-refractivity contribution in [1.82, 2.24) is 14.8 Å². The Balaban J connectivity index is 1.33. The SMILES string of the molecule is Cc1ccc(C(=O)N2CCN(Cc3nc(-c4ccco4)cs3)CC2)cc1C. The fourth-order valence-electron chi connectivity index (χ4n) is 3.28. The maximum atomic E-state index is 12.7. The van der Waals surface area contributed by atoms with Crippen LogP contribution in [-0.2, 0) is 6.54 Å². The monoisotopic (exact) mass is 381 g/mol. The molecule has 1 aliphatic heterocycles. The summed E-state index contributed by atoms with van der Waals surface area (Å²) in [4.78, 5) is 21.7. The Labute approximate surface area is 163 Å². The van der Waals surface area contributed by atoms with Crippen LogP contribution < -0.4 is 0 Å². The highest BCUT2D eigenvalue weighted by Gasteiger charge is 2.23. The number of aryl methyl sites for hydroxylation is 2. The molecule has 27 heavy (non-hydrogen) atoms. The summed E-state index contributed by atoms with van der Waals surface area (Å²) in [6.45, 7) is 8.17. The van der Waals surface area contributed by atoms with E-state index in [1.807, 2.05) is 40.6 Å². The van der Waals surface area contributed by atoms with Crippen LogP contribution in [0.2, 0.25) is 0 Å². The van der Waals surface area contributed by atoms with Gasteiger partial charge in [-0.2, -0.15) is 0 Å². The molecule has 1 amide bonds. The topological polar surface area (TPSA) is 49.6 Å². The van der Waals surface area contributed by atoms with E-state index >= 15 is 0 Å². The zero-order chi connectivity index (χ0) is 18.8. The smallest absolute Gasteiger partial charge is 0.253 e. The van der Waals surface area contributed by atoms with Gasteiger partial charge in [-0.15, -0.1) is 11.3 Å². The number of aromatic nitrogens is 1. The van der Waals surface area contributed by atoms with Crippen molar-refractivity contribution in [2.75, 3.05) is 26.2 Å². The summed E-state index contributed by atoms with van der Waals surface area (Å²) >= 11 is 1.66. The molecule has 5 nitrogen and oxygen atoms in total. The average molecular weight is 382 g/mol. The number of hydrogen-bond acceptors (Lipinski definition) is 5. The van der Waals surface area contributed by atoms with E-state index in [9.17, 15) is 4.79 Å². The Hall–Kier alpha value is -2.44. The molecule has 0 spiro atoms. The largest absolute Gasteiger partial charge is 0.463 e. The summed E-state index contributed by atoms with van der Waals surface area (Å²) in [5.41, 5.74) is 4.06. The van der Waals surface area contributed by atoms with Crippen molar-refractivity contribution in [3.63, 3.8) is 0 Å². The molecule has 3 heterocycles. The lowest BCUT2D eigenvalue weighted by Gasteiger charge is -2.34. The Bertz CT molecular complexity index is 925. The number of carbonyl (C=O) groups excluding carboxylic acids is 1. The molecule has 0 aliphatic carbocycles. The minimum atomic E-state index is 0.132. The molecular weight excluding hydrogens is 358 g/mol. The van der Waals surface area contributed by atoms with Gasteiger partial charge in [-0.25, -0.2) is 4.98 Å². The number of piperazine rings is 1. The molecule has 0 atom stereocenters. The highest BCUT2D eigenvalue weighted by molar-refractivity contribution is 7.09. The van der Waals surface area contributed by atoms with Crippen molar-refractivity contribution in [3.8, 4) is 11.5 Å². The number of hydrogen-bond donors (Lipinski definition) is 0. The molecule has 0 unspecified atom stereocenters. The first-order valence-electron chi connectivity index (χ1n) is 9.17. The van der Waals surface area contributed by atoms with E-state index in [1.165, 1.54) is 5.56 Å². The van der Waals surface area contributed by atoms with Crippen molar-refractivity contribution >= 4 is 17.2 Å². The average Bonchev–Trinajstić information content (AvgIpc) is 3.36. The number of thiazole rings is 1. The second-order valence-electron chi connectivity index (χ2n) is 6.97. The molecule has 140 valence electrons. The summed E-state index contributed by atoms with van der Waals surface area (Å²) in [6, 6.07) is 9.76. The Morgan fingerprint density at radius 1 is 1.15 bits per heavy atom. The molecule has 6 heteroatoms. The fraction of sp³-hybridized carbons (Fsp3) is 0.333. The second-order valence-corrected chi connectivity index (χ2v) is 7.91. The van der Waals surface area contributed by atoms with Crippen LogP contribution in [0.1, 0.15) is 26.5 Å². The summed E-state index contributed by atoms with van der Waals surface area (Å²) < 4.78 is 5.41. The van der Waals surface area contributed by atoms with Crippen molar-refractivity contribution in [1.29, 1.82) is 0 Å². The van der Waals surface area contributed by atoms with Crippen LogP contribution in [-0.4, -0.2) is 46.9 Å². The molecule has 0 radical (unpaired) electrons. The van der Waals surface area contributed by atoms with E-state index in [0.29, 0.717) is 0 Å². The quantitative estimate of drug-likeness (QED) is 0.686. The first kappa shape index (κ1) is 17.9. The van der Waals surface area contributed by atoms with Crippen LogP contribution in [0, 0.1) is 13.8 Å². The van der Waals surface area contributed by atoms with Gasteiger partial charge in [0.2, 0.25) is 0 Å². The predicted molar refractivity (Wildman–Crippen MR) is 107 cm³/mol. The standard InChI is InChI=1S/C21H23N3O2S/c1-15-5-6-17(12-16(15)2)21(25)24-9-7-23(8-10-24)13-20-22-18(14-27-20)19-4-3-11-26-19/h3-6,11-12,14H,7-10,13H2,1-2H3. The van der Waals surface area contributed by atoms with Crippen molar-refractivity contribution < 1.29 is 9.21 Å². The van der Waals surface area contributed by atoms with Gasteiger partial charge in [0.1, 0.15) is 10.7 Å². The molecule has 0 saturated carbocycles. The second kappa shape index (κ2) is 7.66. The molecule has 3 aromatic rings. The van der Waals surface area contributed by atoms with Crippen LogP contribution in [0.25, 0.3) is 11.5 Å². The number of rotatable bonds is 4. The maximum absolute atomic E-state index is 12.7. The zero-order valence-electron chi connectivity index (χ0n) is 15.6. The van der Waals surface area contributed by atoms with E-state index in [-0.39, 0.29) is 5.91 Å². The number of carbonyl (C=O) groups is 1. The van der Waals surface area contributed by atoms with Gasteiger partial charge in [0.25, 0.3) is 5.91 Å². The maximum Gasteiger partial charge on any atom is 0.253 e. The van der Waals surface area contributed by atoms with Gasteiger partial charge in [0.15, 0.2) is 5.76 Å². The van der Waals surface area contributed by atoms with E-state index in [0.717, 1.165) is 60.3 Å². The highest BCUT2D eigenvalue weighted by Crippen LogP contribution is 2.23. The Morgan fingerprint density at radius 3 is 2.67 bits per heavy atom. The summed E-state index contributed by atoms with van der Waals surface area (Å²) in [5.74, 6) is 0.938. The first-order chi connectivity index (χ1) is 13.1. The lowest BCUT2D eigenvalue weighted by atomic mass is 10.1. The number of nitrogens with zero attached hydrogens (tertiary/aromatic N) is 3. The molecule has 1 aliphatic rings. The van der Waals surface area contributed by atoms with Crippen LogP contribution in [0.5, 0.6) is 0 Å². The summed E-state index contributed by atoms with van der Waals surface area (Å²) in [7, 11) is 0. The van der Waals surface area contributed by atoms with E-state index in [2.05, 4.69) is 23.7 Å².